The molecule has 0 aliphatic rings. The summed E-state index contributed by atoms with van der Waals surface area (Å²) in [6.07, 6.45) is -4.54. The highest BCUT2D eigenvalue weighted by Crippen LogP contribution is 2.36. The maximum absolute atomic E-state index is 12.6. The van der Waals surface area contributed by atoms with Gasteiger partial charge in [0.2, 0.25) is 0 Å². The summed E-state index contributed by atoms with van der Waals surface area (Å²) in [6.45, 7) is 0. The Morgan fingerprint density at radius 2 is 1.47 bits per heavy atom. The van der Waals surface area contributed by atoms with E-state index in [1.165, 1.54) is 0 Å². The van der Waals surface area contributed by atoms with Crippen LogP contribution in [0.4, 0.5) is 13.2 Å². The Kier molecular flexibility index (Phi) is 2.61. The topological polar surface area (TPSA) is 65.7 Å². The molecule has 0 aliphatic heterocycles. The molecule has 0 bridgehead atoms. The Morgan fingerprint density at radius 1 is 1.00 bits per heavy atom. The minimum Gasteiger partial charge on any atom is -0.316 e. The third-order valence-electron chi connectivity index (χ3n) is 2.12. The Bertz CT molecular complexity index is 702. The predicted octanol–water partition coefficient (Wildman–Crippen LogP) is 2.00. The van der Waals surface area contributed by atoms with Gasteiger partial charge in [0.25, 0.3) is 0 Å². The number of hydrogen-bond donors (Lipinski definition) is 2. The van der Waals surface area contributed by atoms with Gasteiger partial charge in [-0.3, -0.25) is 9.59 Å². The lowest BCUT2D eigenvalue weighted by molar-refractivity contribution is -0.138. The van der Waals surface area contributed by atoms with E-state index >= 15 is 0 Å². The molecular weight excluding hydrogens is 305 g/mol. The first kappa shape index (κ1) is 11.9. The number of H-pyrrole nitrogens is 2. The fourth-order valence-electron chi connectivity index (χ4n) is 1.36. The SMILES string of the molecule is O=c1[nH]c2cc(Br)c(C(F)(F)F)cc2[nH]c1=O. The number of aromatic nitrogens is 2. The zero-order valence-electron chi connectivity index (χ0n) is 7.98. The molecule has 0 radical (unpaired) electrons. The first-order valence-corrected chi connectivity index (χ1v) is 5.11. The Balaban J connectivity index is 2.86. The summed E-state index contributed by atoms with van der Waals surface area (Å²) in [6, 6.07) is 1.85. The first-order chi connectivity index (χ1) is 7.79. The van der Waals surface area contributed by atoms with E-state index < -0.39 is 22.9 Å². The van der Waals surface area contributed by atoms with Crippen LogP contribution in [0.1, 0.15) is 5.56 Å². The van der Waals surface area contributed by atoms with Gasteiger partial charge in [0.15, 0.2) is 0 Å². The van der Waals surface area contributed by atoms with Gasteiger partial charge >= 0.3 is 17.3 Å². The Labute approximate surface area is 99.6 Å². The van der Waals surface area contributed by atoms with E-state index in [0.717, 1.165) is 12.1 Å². The maximum atomic E-state index is 12.6. The second-order valence-corrected chi connectivity index (χ2v) is 4.14. The summed E-state index contributed by atoms with van der Waals surface area (Å²) in [4.78, 5) is 26.2. The molecule has 90 valence electrons. The van der Waals surface area contributed by atoms with Crippen LogP contribution in [0.25, 0.3) is 11.0 Å². The molecule has 2 N–H and O–H groups in total. The van der Waals surface area contributed by atoms with Gasteiger partial charge in [-0.05, 0) is 12.1 Å². The van der Waals surface area contributed by atoms with Crippen LogP contribution >= 0.6 is 15.9 Å². The Morgan fingerprint density at radius 3 is 1.94 bits per heavy atom. The second kappa shape index (κ2) is 3.73. The number of hydrogen-bond acceptors (Lipinski definition) is 2. The molecule has 0 saturated heterocycles. The molecule has 2 rings (SSSR count). The number of aromatic amines is 2. The van der Waals surface area contributed by atoms with Gasteiger partial charge in [-0.15, -0.1) is 0 Å². The molecule has 0 amide bonds. The highest BCUT2D eigenvalue weighted by molar-refractivity contribution is 9.10. The van der Waals surface area contributed by atoms with Crippen LogP contribution in [-0.4, -0.2) is 9.97 Å². The van der Waals surface area contributed by atoms with Crippen LogP contribution in [0, 0.1) is 0 Å². The molecule has 0 spiro atoms. The van der Waals surface area contributed by atoms with Crippen molar-refractivity contribution in [2.75, 3.05) is 0 Å². The van der Waals surface area contributed by atoms with Gasteiger partial charge in [-0.2, -0.15) is 13.2 Å². The minimum atomic E-state index is -4.54. The molecule has 17 heavy (non-hydrogen) atoms. The van der Waals surface area contributed by atoms with Gasteiger partial charge in [-0.25, -0.2) is 0 Å². The third-order valence-corrected chi connectivity index (χ3v) is 2.77. The van der Waals surface area contributed by atoms with Gasteiger partial charge in [0.1, 0.15) is 0 Å². The van der Waals surface area contributed by atoms with E-state index in [-0.39, 0.29) is 15.5 Å². The fraction of sp³-hybridized carbons (Fsp3) is 0.111. The third kappa shape index (κ3) is 2.12. The first-order valence-electron chi connectivity index (χ1n) is 4.32. The molecule has 0 aliphatic carbocycles. The lowest BCUT2D eigenvalue weighted by Gasteiger charge is -2.09. The van der Waals surface area contributed by atoms with E-state index in [1.807, 2.05) is 0 Å². The lowest BCUT2D eigenvalue weighted by Crippen LogP contribution is -2.29. The zero-order chi connectivity index (χ0) is 12.8. The normalized spacial score (nSPS) is 12.0. The van der Waals surface area contributed by atoms with Crippen LogP contribution in [0.5, 0.6) is 0 Å². The number of alkyl halides is 3. The van der Waals surface area contributed by atoms with Crippen LogP contribution in [0.3, 0.4) is 0 Å². The molecule has 8 heteroatoms. The summed E-state index contributed by atoms with van der Waals surface area (Å²) in [5, 5.41) is 0. The highest BCUT2D eigenvalue weighted by atomic mass is 79.9. The molecule has 0 fully saturated rings. The number of rotatable bonds is 0. The zero-order valence-corrected chi connectivity index (χ0v) is 9.57. The highest BCUT2D eigenvalue weighted by Gasteiger charge is 2.33. The predicted molar refractivity (Wildman–Crippen MR) is 57.9 cm³/mol. The Hall–Kier alpha value is -1.57. The fourth-order valence-corrected chi connectivity index (χ4v) is 1.92. The van der Waals surface area contributed by atoms with Crippen LogP contribution in [0.15, 0.2) is 26.2 Å². The van der Waals surface area contributed by atoms with Crippen molar-refractivity contribution >= 4 is 27.0 Å². The summed E-state index contributed by atoms with van der Waals surface area (Å²) >= 11 is 2.76. The van der Waals surface area contributed by atoms with Crippen LogP contribution in [0.2, 0.25) is 0 Å². The number of halogens is 4. The summed E-state index contributed by atoms with van der Waals surface area (Å²) in [7, 11) is 0. The standard InChI is InChI=1S/C9H4BrF3N2O2/c10-4-2-6-5(1-3(4)9(11,12)13)14-7(16)8(17)15-6/h1-2H,(H,14,16)(H,15,17). The average molecular weight is 309 g/mol. The molecule has 1 aromatic carbocycles. The molecule has 0 unspecified atom stereocenters. The molecular formula is C9H4BrF3N2O2. The van der Waals surface area contributed by atoms with E-state index in [0.29, 0.717) is 0 Å². The van der Waals surface area contributed by atoms with Crippen molar-refractivity contribution in [1.82, 2.24) is 9.97 Å². The number of fused-ring (bicyclic) bond motifs is 1. The van der Waals surface area contributed by atoms with E-state index in [2.05, 4.69) is 25.9 Å². The van der Waals surface area contributed by atoms with E-state index in [1.54, 1.807) is 0 Å². The van der Waals surface area contributed by atoms with E-state index in [9.17, 15) is 22.8 Å². The number of benzene rings is 1. The van der Waals surface area contributed by atoms with Crippen molar-refractivity contribution in [3.8, 4) is 0 Å². The summed E-state index contributed by atoms with van der Waals surface area (Å²) in [5.74, 6) is 0. The van der Waals surface area contributed by atoms with Crippen molar-refractivity contribution in [2.45, 2.75) is 6.18 Å². The monoisotopic (exact) mass is 308 g/mol. The lowest BCUT2D eigenvalue weighted by atomic mass is 10.2. The molecule has 4 nitrogen and oxygen atoms in total. The van der Waals surface area contributed by atoms with Gasteiger partial charge in [0.05, 0.1) is 16.6 Å². The van der Waals surface area contributed by atoms with Crippen molar-refractivity contribution in [3.05, 3.63) is 42.9 Å². The molecule has 0 saturated carbocycles. The maximum Gasteiger partial charge on any atom is 0.417 e. The quantitative estimate of drug-likeness (QED) is 0.731. The van der Waals surface area contributed by atoms with Crippen molar-refractivity contribution < 1.29 is 13.2 Å². The van der Waals surface area contributed by atoms with Gasteiger partial charge in [-0.1, -0.05) is 15.9 Å². The average Bonchev–Trinajstić information content (AvgIpc) is 2.18. The van der Waals surface area contributed by atoms with Crippen molar-refractivity contribution in [2.24, 2.45) is 0 Å². The van der Waals surface area contributed by atoms with E-state index in [4.69, 9.17) is 0 Å². The van der Waals surface area contributed by atoms with Gasteiger partial charge in [0, 0.05) is 4.47 Å². The molecule has 0 atom stereocenters. The largest absolute Gasteiger partial charge is 0.417 e. The number of nitrogens with one attached hydrogen (secondary N) is 2. The van der Waals surface area contributed by atoms with Crippen LogP contribution < -0.4 is 11.1 Å². The second-order valence-electron chi connectivity index (χ2n) is 3.28. The van der Waals surface area contributed by atoms with Gasteiger partial charge < -0.3 is 9.97 Å². The molecule has 2 aromatic rings. The van der Waals surface area contributed by atoms with Crippen LogP contribution in [-0.2, 0) is 6.18 Å². The minimum absolute atomic E-state index is 0.0786. The summed E-state index contributed by atoms with van der Waals surface area (Å²) in [5.41, 5.74) is -2.79. The van der Waals surface area contributed by atoms with Crippen molar-refractivity contribution in [3.63, 3.8) is 0 Å². The summed E-state index contributed by atoms with van der Waals surface area (Å²) < 4.78 is 37.5. The molecule has 1 heterocycles. The van der Waals surface area contributed by atoms with Crippen molar-refractivity contribution in [1.29, 1.82) is 0 Å². The smallest absolute Gasteiger partial charge is 0.316 e. The molecule has 1 aromatic heterocycles.